The highest BCUT2D eigenvalue weighted by Gasteiger charge is 2.21. The molecule has 0 bridgehead atoms. The Labute approximate surface area is 103 Å². The van der Waals surface area contributed by atoms with E-state index in [9.17, 15) is 0 Å². The largest absolute Gasteiger partial charge is 0.350 e. The Bertz CT molecular complexity index is 331. The van der Waals surface area contributed by atoms with Crippen LogP contribution in [0, 0.1) is 6.92 Å². The number of aryl methyl sites for hydroxylation is 1. The third kappa shape index (κ3) is 3.53. The first kappa shape index (κ1) is 12.6. The maximum atomic E-state index is 5.51. The Hall–Kier alpha value is -0.900. The summed E-state index contributed by atoms with van der Waals surface area (Å²) in [5.41, 5.74) is 2.59. The zero-order valence-electron chi connectivity index (χ0n) is 10.6. The van der Waals surface area contributed by atoms with Crippen LogP contribution in [0.5, 0.6) is 0 Å². The first-order valence-corrected chi connectivity index (χ1v) is 6.32. The Morgan fingerprint density at radius 1 is 1.24 bits per heavy atom. The summed E-state index contributed by atoms with van der Waals surface area (Å²) in [6.07, 6.45) is 0.817. The first-order valence-electron chi connectivity index (χ1n) is 6.32. The highest BCUT2D eigenvalue weighted by molar-refractivity contribution is 5.24. The van der Waals surface area contributed by atoms with E-state index in [1.54, 1.807) is 0 Å². The van der Waals surface area contributed by atoms with E-state index >= 15 is 0 Å². The average Bonchev–Trinajstić information content (AvgIpc) is 2.82. The van der Waals surface area contributed by atoms with E-state index in [4.69, 9.17) is 9.47 Å². The lowest BCUT2D eigenvalue weighted by Gasteiger charge is -2.21. The number of nitrogens with one attached hydrogen (secondary N) is 1. The van der Waals surface area contributed by atoms with Gasteiger partial charge in [-0.1, -0.05) is 36.8 Å². The molecular formula is C14H21NO2. The summed E-state index contributed by atoms with van der Waals surface area (Å²) in [7, 11) is 0. The second-order valence-corrected chi connectivity index (χ2v) is 4.43. The zero-order chi connectivity index (χ0) is 12.1. The smallest absolute Gasteiger partial charge is 0.159 e. The molecule has 94 valence electrons. The van der Waals surface area contributed by atoms with Gasteiger partial charge in [-0.3, -0.25) is 0 Å². The lowest BCUT2D eigenvalue weighted by atomic mass is 10.0. The van der Waals surface area contributed by atoms with Crippen molar-refractivity contribution < 1.29 is 9.47 Å². The Balaban J connectivity index is 2.02. The number of benzene rings is 1. The molecule has 3 heteroatoms. The molecule has 1 unspecified atom stereocenters. The first-order chi connectivity index (χ1) is 8.29. The molecule has 0 amide bonds. The van der Waals surface area contributed by atoms with Crippen LogP contribution in [0.25, 0.3) is 0 Å². The van der Waals surface area contributed by atoms with Gasteiger partial charge in [-0.25, -0.2) is 0 Å². The van der Waals surface area contributed by atoms with Crippen molar-refractivity contribution in [3.05, 3.63) is 35.4 Å². The fourth-order valence-electron chi connectivity index (χ4n) is 2.12. The van der Waals surface area contributed by atoms with Crippen molar-refractivity contribution >= 4 is 0 Å². The van der Waals surface area contributed by atoms with Gasteiger partial charge in [-0.2, -0.15) is 0 Å². The fraction of sp³-hybridized carbons (Fsp3) is 0.571. The molecule has 1 N–H and O–H groups in total. The third-order valence-electron chi connectivity index (χ3n) is 3.05. The number of rotatable bonds is 5. The summed E-state index contributed by atoms with van der Waals surface area (Å²) in [5, 5.41) is 3.49. The van der Waals surface area contributed by atoms with Gasteiger partial charge < -0.3 is 14.8 Å². The number of ether oxygens (including phenoxy) is 2. The van der Waals surface area contributed by atoms with E-state index in [0.29, 0.717) is 6.04 Å². The van der Waals surface area contributed by atoms with Crippen LogP contribution in [-0.2, 0) is 9.47 Å². The molecule has 1 heterocycles. The van der Waals surface area contributed by atoms with Crippen molar-refractivity contribution in [3.63, 3.8) is 0 Å². The summed E-state index contributed by atoms with van der Waals surface area (Å²) >= 11 is 0. The number of hydrogen-bond acceptors (Lipinski definition) is 3. The van der Waals surface area contributed by atoms with Gasteiger partial charge in [0.25, 0.3) is 0 Å². The topological polar surface area (TPSA) is 30.5 Å². The zero-order valence-corrected chi connectivity index (χ0v) is 10.6. The summed E-state index contributed by atoms with van der Waals surface area (Å²) in [5.74, 6) is 0. The molecule has 1 aliphatic rings. The van der Waals surface area contributed by atoms with Gasteiger partial charge in [0, 0.05) is 12.5 Å². The second-order valence-electron chi connectivity index (χ2n) is 4.43. The van der Waals surface area contributed by atoms with Crippen molar-refractivity contribution in [2.24, 2.45) is 0 Å². The third-order valence-corrected chi connectivity index (χ3v) is 3.05. The molecule has 0 saturated carbocycles. The van der Waals surface area contributed by atoms with Crippen molar-refractivity contribution in [1.29, 1.82) is 0 Å². The van der Waals surface area contributed by atoms with E-state index in [2.05, 4.69) is 43.4 Å². The highest BCUT2D eigenvalue weighted by Crippen LogP contribution is 2.22. The molecule has 0 aromatic heterocycles. The van der Waals surface area contributed by atoms with Gasteiger partial charge in [-0.05, 0) is 19.0 Å². The van der Waals surface area contributed by atoms with Crippen LogP contribution in [0.3, 0.4) is 0 Å². The molecule has 0 aliphatic carbocycles. The molecular weight excluding hydrogens is 214 g/mol. The minimum atomic E-state index is -0.0552. The normalized spacial score (nSPS) is 18.5. The van der Waals surface area contributed by atoms with Crippen molar-refractivity contribution in [3.8, 4) is 0 Å². The Morgan fingerprint density at radius 2 is 1.88 bits per heavy atom. The molecule has 3 nitrogen and oxygen atoms in total. The molecule has 1 aromatic rings. The van der Waals surface area contributed by atoms with Crippen LogP contribution in [0.1, 0.15) is 30.5 Å². The van der Waals surface area contributed by atoms with E-state index in [0.717, 1.165) is 26.2 Å². The maximum absolute atomic E-state index is 5.51. The highest BCUT2D eigenvalue weighted by atomic mass is 16.7. The quantitative estimate of drug-likeness (QED) is 0.850. The lowest BCUT2D eigenvalue weighted by Crippen LogP contribution is -2.25. The van der Waals surface area contributed by atoms with Crippen LogP contribution in [0.2, 0.25) is 0 Å². The summed E-state index contributed by atoms with van der Waals surface area (Å²) in [6, 6.07) is 8.96. The molecule has 1 aliphatic heterocycles. The Kier molecular flexibility index (Phi) is 4.54. The molecule has 1 saturated heterocycles. The molecule has 0 spiro atoms. The van der Waals surface area contributed by atoms with Gasteiger partial charge in [0.05, 0.1) is 13.2 Å². The molecule has 2 rings (SSSR count). The maximum Gasteiger partial charge on any atom is 0.159 e. The molecule has 1 aromatic carbocycles. The SMILES string of the molecule is CCNC(CC1OCCO1)c1ccc(C)cc1. The van der Waals surface area contributed by atoms with Crippen molar-refractivity contribution in [2.45, 2.75) is 32.6 Å². The summed E-state index contributed by atoms with van der Waals surface area (Å²) < 4.78 is 11.0. The fourth-order valence-corrected chi connectivity index (χ4v) is 2.12. The van der Waals surface area contributed by atoms with Gasteiger partial charge in [0.2, 0.25) is 0 Å². The van der Waals surface area contributed by atoms with Gasteiger partial charge in [-0.15, -0.1) is 0 Å². The van der Waals surface area contributed by atoms with Crippen LogP contribution >= 0.6 is 0 Å². The predicted molar refractivity (Wildman–Crippen MR) is 67.9 cm³/mol. The summed E-state index contributed by atoms with van der Waals surface area (Å²) in [6.45, 7) is 6.62. The van der Waals surface area contributed by atoms with Crippen molar-refractivity contribution in [1.82, 2.24) is 5.32 Å². The van der Waals surface area contributed by atoms with E-state index in [1.165, 1.54) is 11.1 Å². The monoisotopic (exact) mass is 235 g/mol. The molecule has 0 radical (unpaired) electrons. The van der Waals surface area contributed by atoms with Crippen LogP contribution in [-0.4, -0.2) is 26.0 Å². The van der Waals surface area contributed by atoms with Gasteiger partial charge in [0.15, 0.2) is 6.29 Å². The molecule has 17 heavy (non-hydrogen) atoms. The lowest BCUT2D eigenvalue weighted by molar-refractivity contribution is -0.0529. The predicted octanol–water partition coefficient (Wildman–Crippen LogP) is 2.41. The average molecular weight is 235 g/mol. The van der Waals surface area contributed by atoms with Crippen LogP contribution in [0.4, 0.5) is 0 Å². The van der Waals surface area contributed by atoms with Crippen LogP contribution in [0.15, 0.2) is 24.3 Å². The molecule has 1 atom stereocenters. The minimum Gasteiger partial charge on any atom is -0.350 e. The van der Waals surface area contributed by atoms with Crippen molar-refractivity contribution in [2.75, 3.05) is 19.8 Å². The number of hydrogen-bond donors (Lipinski definition) is 1. The van der Waals surface area contributed by atoms with Gasteiger partial charge >= 0.3 is 0 Å². The van der Waals surface area contributed by atoms with E-state index < -0.39 is 0 Å². The second kappa shape index (κ2) is 6.15. The summed E-state index contributed by atoms with van der Waals surface area (Å²) in [4.78, 5) is 0. The van der Waals surface area contributed by atoms with Crippen LogP contribution < -0.4 is 5.32 Å². The van der Waals surface area contributed by atoms with Gasteiger partial charge in [0.1, 0.15) is 0 Å². The van der Waals surface area contributed by atoms with E-state index in [-0.39, 0.29) is 6.29 Å². The standard InChI is InChI=1S/C14H21NO2/c1-3-15-13(10-14-16-8-9-17-14)12-6-4-11(2)5-7-12/h4-7,13-15H,3,8-10H2,1-2H3. The minimum absolute atomic E-state index is 0.0552. The van der Waals surface area contributed by atoms with E-state index in [1.807, 2.05) is 0 Å². The molecule has 1 fully saturated rings. The Morgan fingerprint density at radius 3 is 2.47 bits per heavy atom.